The molecule has 6 nitrogen and oxygen atoms in total. The lowest BCUT2D eigenvalue weighted by atomic mass is 9.73. The molecule has 0 spiro atoms. The van der Waals surface area contributed by atoms with Crippen molar-refractivity contribution in [1.82, 2.24) is 14.3 Å². The zero-order valence-corrected chi connectivity index (χ0v) is 15.0. The maximum absolute atomic E-state index is 12.7. The van der Waals surface area contributed by atoms with Gasteiger partial charge in [0.25, 0.3) is 0 Å². The molecule has 3 aromatic rings. The summed E-state index contributed by atoms with van der Waals surface area (Å²) in [6, 6.07) is 9.35. The lowest BCUT2D eigenvalue weighted by Crippen LogP contribution is -2.49. The number of imidazole rings is 1. The molecule has 1 fully saturated rings. The fraction of sp³-hybridized carbons (Fsp3) is 0.316. The summed E-state index contributed by atoms with van der Waals surface area (Å²) in [5.74, 6) is -0.779. The van der Waals surface area contributed by atoms with Gasteiger partial charge in [0.2, 0.25) is 5.91 Å². The number of fused-ring (bicyclic) bond motifs is 1. The van der Waals surface area contributed by atoms with Crippen molar-refractivity contribution in [1.29, 1.82) is 0 Å². The summed E-state index contributed by atoms with van der Waals surface area (Å²) in [6.07, 6.45) is 4.75. The number of thiazole rings is 1. The second-order valence-electron chi connectivity index (χ2n) is 6.62. The Morgan fingerprint density at radius 2 is 1.92 bits per heavy atom. The average Bonchev–Trinajstić information content (AvgIpc) is 3.27. The SMILES string of the molecule is O=C(Cc1csc2nccn12)N1CCC(C(=O)O)(c2ccccc2)CC1. The summed E-state index contributed by atoms with van der Waals surface area (Å²) >= 11 is 1.51. The number of hydrogen-bond donors (Lipinski definition) is 1. The molecule has 1 amide bonds. The topological polar surface area (TPSA) is 74.9 Å². The second kappa shape index (κ2) is 6.57. The molecule has 0 aliphatic carbocycles. The number of carboxylic acids is 1. The molecule has 0 unspecified atom stereocenters. The Bertz CT molecular complexity index is 939. The molecule has 4 rings (SSSR count). The van der Waals surface area contributed by atoms with Crippen molar-refractivity contribution in [3.63, 3.8) is 0 Å². The number of piperidine rings is 1. The van der Waals surface area contributed by atoms with Gasteiger partial charge in [-0.15, -0.1) is 11.3 Å². The third-order valence-corrected chi connectivity index (χ3v) is 6.16. The summed E-state index contributed by atoms with van der Waals surface area (Å²) in [5, 5.41) is 11.8. The van der Waals surface area contributed by atoms with Crippen LogP contribution in [0.15, 0.2) is 48.1 Å². The van der Waals surface area contributed by atoms with Gasteiger partial charge in [-0.05, 0) is 18.4 Å². The molecule has 2 aromatic heterocycles. The molecule has 1 N–H and O–H groups in total. The molecule has 0 radical (unpaired) electrons. The Kier molecular flexibility index (Phi) is 4.24. The van der Waals surface area contributed by atoms with Crippen LogP contribution in [0.25, 0.3) is 4.96 Å². The van der Waals surface area contributed by atoms with Gasteiger partial charge in [0.15, 0.2) is 4.96 Å². The number of benzene rings is 1. The molecular weight excluding hydrogens is 350 g/mol. The van der Waals surface area contributed by atoms with Gasteiger partial charge in [-0.2, -0.15) is 0 Å². The van der Waals surface area contributed by atoms with Crippen molar-refractivity contribution >= 4 is 28.2 Å². The van der Waals surface area contributed by atoms with Gasteiger partial charge in [0, 0.05) is 36.6 Å². The quantitative estimate of drug-likeness (QED) is 0.767. The highest BCUT2D eigenvalue weighted by atomic mass is 32.1. The summed E-state index contributed by atoms with van der Waals surface area (Å²) in [7, 11) is 0. The largest absolute Gasteiger partial charge is 0.481 e. The first kappa shape index (κ1) is 16.8. The molecule has 0 saturated carbocycles. The van der Waals surface area contributed by atoms with Gasteiger partial charge >= 0.3 is 5.97 Å². The second-order valence-corrected chi connectivity index (χ2v) is 7.45. The number of carbonyl (C=O) groups excluding carboxylic acids is 1. The van der Waals surface area contributed by atoms with E-state index in [1.165, 1.54) is 11.3 Å². The number of rotatable bonds is 4. The average molecular weight is 369 g/mol. The summed E-state index contributed by atoms with van der Waals surface area (Å²) in [4.78, 5) is 31.6. The molecule has 1 aliphatic heterocycles. The van der Waals surface area contributed by atoms with E-state index in [2.05, 4.69) is 4.98 Å². The van der Waals surface area contributed by atoms with Crippen LogP contribution in [-0.2, 0) is 21.4 Å². The standard InChI is InChI=1S/C19H19N3O3S/c23-16(12-15-13-26-18-20-8-11-22(15)18)21-9-6-19(7-10-21,17(24)25)14-4-2-1-3-5-14/h1-5,8,11,13H,6-7,9-10,12H2,(H,24,25). The zero-order chi connectivity index (χ0) is 18.1. The van der Waals surface area contributed by atoms with Crippen LogP contribution in [0.1, 0.15) is 24.1 Å². The van der Waals surface area contributed by atoms with Crippen LogP contribution in [0, 0.1) is 0 Å². The van der Waals surface area contributed by atoms with Crippen LogP contribution in [-0.4, -0.2) is 44.4 Å². The Morgan fingerprint density at radius 1 is 1.19 bits per heavy atom. The number of aliphatic carboxylic acids is 1. The maximum atomic E-state index is 12.7. The smallest absolute Gasteiger partial charge is 0.314 e. The number of nitrogens with zero attached hydrogens (tertiary/aromatic N) is 3. The minimum absolute atomic E-state index is 0.0328. The monoisotopic (exact) mass is 369 g/mol. The van der Waals surface area contributed by atoms with Gasteiger partial charge in [-0.25, -0.2) is 4.98 Å². The van der Waals surface area contributed by atoms with Gasteiger partial charge in [-0.1, -0.05) is 30.3 Å². The predicted molar refractivity (Wildman–Crippen MR) is 98.3 cm³/mol. The fourth-order valence-electron chi connectivity index (χ4n) is 3.69. The maximum Gasteiger partial charge on any atom is 0.314 e. The van der Waals surface area contributed by atoms with Crippen LogP contribution in [0.3, 0.4) is 0 Å². The van der Waals surface area contributed by atoms with Crippen LogP contribution in [0.2, 0.25) is 0 Å². The molecule has 1 aliphatic rings. The first-order chi connectivity index (χ1) is 12.6. The lowest BCUT2D eigenvalue weighted by molar-refractivity contribution is -0.148. The number of aromatic nitrogens is 2. The Hall–Kier alpha value is -2.67. The van der Waals surface area contributed by atoms with E-state index in [0.717, 1.165) is 16.2 Å². The summed E-state index contributed by atoms with van der Waals surface area (Å²) in [6.45, 7) is 0.911. The molecule has 26 heavy (non-hydrogen) atoms. The van der Waals surface area contributed by atoms with Gasteiger partial charge in [-0.3, -0.25) is 14.0 Å². The first-order valence-corrected chi connectivity index (χ1v) is 9.44. The van der Waals surface area contributed by atoms with E-state index in [9.17, 15) is 14.7 Å². The lowest BCUT2D eigenvalue weighted by Gasteiger charge is -2.39. The van der Waals surface area contributed by atoms with E-state index >= 15 is 0 Å². The van der Waals surface area contributed by atoms with E-state index in [1.807, 2.05) is 46.3 Å². The molecule has 3 heterocycles. The van der Waals surface area contributed by atoms with Crippen LogP contribution in [0.4, 0.5) is 0 Å². The first-order valence-electron chi connectivity index (χ1n) is 8.56. The number of likely N-dealkylation sites (tertiary alicyclic amines) is 1. The van der Waals surface area contributed by atoms with E-state index in [0.29, 0.717) is 32.4 Å². The van der Waals surface area contributed by atoms with E-state index in [-0.39, 0.29) is 5.91 Å². The summed E-state index contributed by atoms with van der Waals surface area (Å²) < 4.78 is 1.93. The van der Waals surface area contributed by atoms with Crippen molar-refractivity contribution in [2.75, 3.05) is 13.1 Å². The van der Waals surface area contributed by atoms with Gasteiger partial charge in [0.1, 0.15) is 0 Å². The van der Waals surface area contributed by atoms with Crippen molar-refractivity contribution in [2.45, 2.75) is 24.7 Å². The highest BCUT2D eigenvalue weighted by molar-refractivity contribution is 7.15. The Labute approximate surface area is 154 Å². The number of carbonyl (C=O) groups is 2. The minimum Gasteiger partial charge on any atom is -0.481 e. The van der Waals surface area contributed by atoms with Gasteiger partial charge < -0.3 is 10.0 Å². The zero-order valence-electron chi connectivity index (χ0n) is 14.2. The normalized spacial score (nSPS) is 16.7. The molecular formula is C19H19N3O3S. The minimum atomic E-state index is -0.905. The van der Waals surface area contributed by atoms with Crippen LogP contribution < -0.4 is 0 Å². The van der Waals surface area contributed by atoms with Crippen molar-refractivity contribution in [2.24, 2.45) is 0 Å². The van der Waals surface area contributed by atoms with E-state index in [1.54, 1.807) is 11.1 Å². The van der Waals surface area contributed by atoms with Crippen LogP contribution >= 0.6 is 11.3 Å². The molecule has 134 valence electrons. The van der Waals surface area contributed by atoms with Crippen molar-refractivity contribution in [3.8, 4) is 0 Å². The Balaban J connectivity index is 1.48. The van der Waals surface area contributed by atoms with Crippen molar-refractivity contribution in [3.05, 3.63) is 59.4 Å². The number of amides is 1. The Morgan fingerprint density at radius 3 is 2.62 bits per heavy atom. The highest BCUT2D eigenvalue weighted by Crippen LogP contribution is 2.36. The third-order valence-electron chi connectivity index (χ3n) is 5.25. The van der Waals surface area contributed by atoms with E-state index < -0.39 is 11.4 Å². The van der Waals surface area contributed by atoms with Gasteiger partial charge in [0.05, 0.1) is 11.8 Å². The summed E-state index contributed by atoms with van der Waals surface area (Å²) in [5.41, 5.74) is 0.834. The number of carboxylic acid groups (broad SMARTS) is 1. The fourth-order valence-corrected chi connectivity index (χ4v) is 4.54. The molecule has 1 aromatic carbocycles. The van der Waals surface area contributed by atoms with Crippen molar-refractivity contribution < 1.29 is 14.7 Å². The number of hydrogen-bond acceptors (Lipinski definition) is 4. The predicted octanol–water partition coefficient (Wildman–Crippen LogP) is 2.58. The third kappa shape index (κ3) is 2.78. The molecule has 0 atom stereocenters. The highest BCUT2D eigenvalue weighted by Gasteiger charge is 2.43. The van der Waals surface area contributed by atoms with Crippen LogP contribution in [0.5, 0.6) is 0 Å². The van der Waals surface area contributed by atoms with E-state index in [4.69, 9.17) is 0 Å². The molecule has 7 heteroatoms. The molecule has 0 bridgehead atoms. The molecule has 1 saturated heterocycles.